The van der Waals surface area contributed by atoms with Gasteiger partial charge in [0.25, 0.3) is 0 Å². The molecule has 0 saturated carbocycles. The number of hydrogen-bond acceptors (Lipinski definition) is 2. The summed E-state index contributed by atoms with van der Waals surface area (Å²) in [7, 11) is 0. The van der Waals surface area contributed by atoms with E-state index >= 15 is 0 Å². The summed E-state index contributed by atoms with van der Waals surface area (Å²) in [5.74, 6) is -1.01. The highest BCUT2D eigenvalue weighted by Crippen LogP contribution is 2.19. The van der Waals surface area contributed by atoms with Gasteiger partial charge < -0.3 is 10.8 Å². The Kier molecular flexibility index (Phi) is 4.92. The van der Waals surface area contributed by atoms with Crippen molar-refractivity contribution in [3.8, 4) is 0 Å². The van der Waals surface area contributed by atoms with Crippen LogP contribution in [0.1, 0.15) is 24.2 Å². The van der Waals surface area contributed by atoms with Crippen molar-refractivity contribution in [2.45, 2.75) is 13.8 Å². The summed E-state index contributed by atoms with van der Waals surface area (Å²) < 4.78 is 0. The van der Waals surface area contributed by atoms with E-state index in [1.165, 1.54) is 18.2 Å². The fourth-order valence-electron chi connectivity index (χ4n) is 0.677. The van der Waals surface area contributed by atoms with E-state index in [1.807, 2.05) is 13.8 Å². The van der Waals surface area contributed by atoms with Gasteiger partial charge in [-0.3, -0.25) is 0 Å². The van der Waals surface area contributed by atoms with Crippen molar-refractivity contribution in [3.05, 3.63) is 28.8 Å². The highest BCUT2D eigenvalue weighted by atomic mass is 35.5. The topological polar surface area (TPSA) is 63.3 Å². The summed E-state index contributed by atoms with van der Waals surface area (Å²) in [5.41, 5.74) is 5.79. The van der Waals surface area contributed by atoms with Crippen LogP contribution >= 0.6 is 11.6 Å². The average Bonchev–Trinajstić information content (AvgIpc) is 2.13. The van der Waals surface area contributed by atoms with Crippen LogP contribution in [-0.4, -0.2) is 11.1 Å². The van der Waals surface area contributed by atoms with Crippen molar-refractivity contribution in [2.24, 2.45) is 0 Å². The Labute approximate surface area is 82.1 Å². The molecule has 72 valence electrons. The summed E-state index contributed by atoms with van der Waals surface area (Å²) in [4.78, 5) is 10.4. The van der Waals surface area contributed by atoms with Crippen LogP contribution in [0.4, 0.5) is 5.69 Å². The van der Waals surface area contributed by atoms with Crippen molar-refractivity contribution >= 4 is 23.3 Å². The normalized spacial score (nSPS) is 8.54. The van der Waals surface area contributed by atoms with E-state index in [4.69, 9.17) is 22.4 Å². The smallest absolute Gasteiger partial charge is 0.335 e. The molecule has 3 nitrogen and oxygen atoms in total. The standard InChI is InChI=1S/C7H6ClNO2.C2H6/c8-5-2-1-4(7(10)11)3-6(5)9;1-2/h1-3H,9H2,(H,10,11);1-2H3. The minimum Gasteiger partial charge on any atom is -0.478 e. The first-order valence-electron chi connectivity index (χ1n) is 3.89. The second-order valence-corrected chi connectivity index (χ2v) is 2.45. The minimum absolute atomic E-state index is 0.145. The van der Waals surface area contributed by atoms with E-state index in [1.54, 1.807) is 0 Å². The molecule has 4 heteroatoms. The molecular formula is C9H12ClNO2. The molecule has 1 rings (SSSR count). The number of halogens is 1. The first-order valence-corrected chi connectivity index (χ1v) is 4.27. The van der Waals surface area contributed by atoms with Crippen LogP contribution in [0.25, 0.3) is 0 Å². The summed E-state index contributed by atoms with van der Waals surface area (Å²) >= 11 is 5.57. The lowest BCUT2D eigenvalue weighted by atomic mass is 10.2. The molecule has 0 aliphatic carbocycles. The number of carboxylic acids is 1. The van der Waals surface area contributed by atoms with Gasteiger partial charge >= 0.3 is 5.97 Å². The SMILES string of the molecule is CC.Nc1cc(C(=O)O)ccc1Cl. The number of carboxylic acid groups (broad SMARTS) is 1. The van der Waals surface area contributed by atoms with Crippen molar-refractivity contribution in [1.82, 2.24) is 0 Å². The Hall–Kier alpha value is -1.22. The molecule has 0 amide bonds. The van der Waals surface area contributed by atoms with E-state index in [0.29, 0.717) is 5.02 Å². The van der Waals surface area contributed by atoms with E-state index in [-0.39, 0.29) is 11.3 Å². The maximum absolute atomic E-state index is 10.4. The predicted octanol–water partition coefficient (Wildman–Crippen LogP) is 2.65. The molecular weight excluding hydrogens is 190 g/mol. The maximum Gasteiger partial charge on any atom is 0.335 e. The van der Waals surface area contributed by atoms with Crippen LogP contribution in [0.5, 0.6) is 0 Å². The van der Waals surface area contributed by atoms with Crippen LogP contribution in [0.2, 0.25) is 5.02 Å². The molecule has 0 atom stereocenters. The maximum atomic E-state index is 10.4. The number of nitrogen functional groups attached to an aromatic ring is 1. The molecule has 0 unspecified atom stereocenters. The van der Waals surface area contributed by atoms with E-state index in [0.717, 1.165) is 0 Å². The Morgan fingerprint density at radius 3 is 2.38 bits per heavy atom. The van der Waals surface area contributed by atoms with Crippen LogP contribution in [0.3, 0.4) is 0 Å². The summed E-state index contributed by atoms with van der Waals surface area (Å²) in [6, 6.07) is 4.19. The van der Waals surface area contributed by atoms with Gasteiger partial charge in [0.2, 0.25) is 0 Å². The largest absolute Gasteiger partial charge is 0.478 e. The van der Waals surface area contributed by atoms with Gasteiger partial charge in [0.05, 0.1) is 16.3 Å². The quantitative estimate of drug-likeness (QED) is 0.687. The number of aromatic carboxylic acids is 1. The molecule has 1 aromatic rings. The van der Waals surface area contributed by atoms with Crippen molar-refractivity contribution < 1.29 is 9.90 Å². The lowest BCUT2D eigenvalue weighted by Gasteiger charge is -1.97. The van der Waals surface area contributed by atoms with Gasteiger partial charge in [0.15, 0.2) is 0 Å². The predicted molar refractivity (Wildman–Crippen MR) is 54.2 cm³/mol. The van der Waals surface area contributed by atoms with Gasteiger partial charge in [-0.15, -0.1) is 0 Å². The van der Waals surface area contributed by atoms with E-state index < -0.39 is 5.97 Å². The van der Waals surface area contributed by atoms with Gasteiger partial charge in [-0.1, -0.05) is 25.4 Å². The third-order valence-electron chi connectivity index (χ3n) is 1.24. The molecule has 0 heterocycles. The first-order chi connectivity index (χ1) is 6.11. The Bertz CT molecular complexity index is 300. The molecule has 3 N–H and O–H groups in total. The molecule has 0 spiro atoms. The minimum atomic E-state index is -1.01. The molecule has 0 saturated heterocycles. The number of carbonyl (C=O) groups is 1. The van der Waals surface area contributed by atoms with Gasteiger partial charge in [-0.05, 0) is 18.2 Å². The number of nitrogens with two attached hydrogens (primary N) is 1. The van der Waals surface area contributed by atoms with Crippen LogP contribution in [-0.2, 0) is 0 Å². The Morgan fingerprint density at radius 1 is 1.46 bits per heavy atom. The zero-order valence-electron chi connectivity index (χ0n) is 7.54. The second-order valence-electron chi connectivity index (χ2n) is 2.04. The lowest BCUT2D eigenvalue weighted by molar-refractivity contribution is 0.0697. The van der Waals surface area contributed by atoms with Crippen molar-refractivity contribution in [2.75, 3.05) is 5.73 Å². The summed E-state index contributed by atoms with van der Waals surface area (Å²) in [6.07, 6.45) is 0. The highest BCUT2D eigenvalue weighted by molar-refractivity contribution is 6.33. The number of benzene rings is 1. The number of hydrogen-bond donors (Lipinski definition) is 2. The molecule has 0 fully saturated rings. The second kappa shape index (κ2) is 5.43. The summed E-state index contributed by atoms with van der Waals surface area (Å²) in [5, 5.41) is 8.87. The molecule has 13 heavy (non-hydrogen) atoms. The number of anilines is 1. The average molecular weight is 202 g/mol. The molecule has 1 aromatic carbocycles. The zero-order valence-corrected chi connectivity index (χ0v) is 8.30. The molecule has 0 aliphatic heterocycles. The third-order valence-corrected chi connectivity index (χ3v) is 1.59. The molecule has 0 bridgehead atoms. The fourth-order valence-corrected chi connectivity index (χ4v) is 0.794. The van der Waals surface area contributed by atoms with Crippen molar-refractivity contribution in [1.29, 1.82) is 0 Å². The monoisotopic (exact) mass is 201 g/mol. The van der Waals surface area contributed by atoms with E-state index in [9.17, 15) is 4.79 Å². The summed E-state index contributed by atoms with van der Waals surface area (Å²) in [6.45, 7) is 4.00. The Morgan fingerprint density at radius 2 is 2.00 bits per heavy atom. The fraction of sp³-hybridized carbons (Fsp3) is 0.222. The lowest BCUT2D eigenvalue weighted by Crippen LogP contribution is -1.97. The van der Waals surface area contributed by atoms with E-state index in [2.05, 4.69) is 0 Å². The van der Waals surface area contributed by atoms with Crippen LogP contribution < -0.4 is 5.73 Å². The van der Waals surface area contributed by atoms with Gasteiger partial charge in [-0.2, -0.15) is 0 Å². The highest BCUT2D eigenvalue weighted by Gasteiger charge is 2.03. The Balaban J connectivity index is 0.000000671. The molecule has 0 radical (unpaired) electrons. The van der Waals surface area contributed by atoms with Gasteiger partial charge in [-0.25, -0.2) is 4.79 Å². The third kappa shape index (κ3) is 3.34. The van der Waals surface area contributed by atoms with Crippen molar-refractivity contribution in [3.63, 3.8) is 0 Å². The van der Waals surface area contributed by atoms with Crippen LogP contribution in [0, 0.1) is 0 Å². The van der Waals surface area contributed by atoms with Crippen LogP contribution in [0.15, 0.2) is 18.2 Å². The molecule has 0 aromatic heterocycles. The van der Waals surface area contributed by atoms with Gasteiger partial charge in [0.1, 0.15) is 0 Å². The first kappa shape index (κ1) is 11.8. The number of rotatable bonds is 1. The van der Waals surface area contributed by atoms with Gasteiger partial charge in [0, 0.05) is 0 Å². The molecule has 0 aliphatic rings. The zero-order chi connectivity index (χ0) is 10.4.